The number of rotatable bonds is 7. The van der Waals surface area contributed by atoms with Crippen molar-refractivity contribution < 1.29 is 45.4 Å². The number of aromatic nitrogens is 2. The highest BCUT2D eigenvalue weighted by molar-refractivity contribution is 5.75. The van der Waals surface area contributed by atoms with Crippen LogP contribution in [-0.4, -0.2) is 70.6 Å². The number of carbonyl (C=O) groups excluding carboxylic acids is 1. The van der Waals surface area contributed by atoms with Crippen molar-refractivity contribution in [3.05, 3.63) is 89.0 Å². The number of nitrogens with one attached hydrogen (secondary N) is 1. The Morgan fingerprint density at radius 2 is 1.64 bits per heavy atom. The monoisotopic (exact) mass is 627 g/mol. The average molecular weight is 628 g/mol. The fourth-order valence-electron chi connectivity index (χ4n) is 5.41. The lowest BCUT2D eigenvalue weighted by Crippen LogP contribution is -2.71. The first-order chi connectivity index (χ1) is 20.5. The zero-order valence-corrected chi connectivity index (χ0v) is 23.5. The summed E-state index contributed by atoms with van der Waals surface area (Å²) in [6.07, 6.45) is -4.86. The Morgan fingerprint density at radius 3 is 2.11 bits per heavy atom. The van der Waals surface area contributed by atoms with Gasteiger partial charge < -0.3 is 15.3 Å². The number of pyridine rings is 2. The van der Waals surface area contributed by atoms with Gasteiger partial charge in [-0.25, -0.2) is 22.4 Å². The van der Waals surface area contributed by atoms with Gasteiger partial charge in [-0.1, -0.05) is 12.1 Å². The third kappa shape index (κ3) is 6.93. The summed E-state index contributed by atoms with van der Waals surface area (Å²) in [7, 11) is 0. The Labute approximate surface area is 247 Å². The topological polar surface area (TPSA) is 98.7 Å². The second-order valence-electron chi connectivity index (χ2n) is 10.9. The zero-order chi connectivity index (χ0) is 32.4. The van der Waals surface area contributed by atoms with Crippen LogP contribution in [0.25, 0.3) is 0 Å². The second-order valence-corrected chi connectivity index (χ2v) is 10.9. The van der Waals surface area contributed by atoms with E-state index in [0.717, 1.165) is 62.2 Å². The maximum Gasteiger partial charge on any atom is 0.490 e. The van der Waals surface area contributed by atoms with Gasteiger partial charge in [0.15, 0.2) is 17.2 Å². The minimum Gasteiger partial charge on any atom is -0.475 e. The number of likely N-dealkylation sites (tertiary alicyclic amines) is 1. The molecule has 1 spiro atoms. The van der Waals surface area contributed by atoms with Gasteiger partial charge in [0.2, 0.25) is 5.91 Å². The molecule has 1 atom stereocenters. The number of benzene rings is 1. The Hall–Kier alpha value is -4.27. The Morgan fingerprint density at radius 1 is 0.977 bits per heavy atom. The molecule has 2 aliphatic heterocycles. The van der Waals surface area contributed by atoms with Gasteiger partial charge in [-0.2, -0.15) is 13.2 Å². The zero-order valence-electron chi connectivity index (χ0n) is 23.5. The number of carbonyl (C=O) groups is 2. The van der Waals surface area contributed by atoms with E-state index in [2.05, 4.69) is 31.2 Å². The summed E-state index contributed by atoms with van der Waals surface area (Å²) in [6, 6.07) is 9.63. The van der Waals surface area contributed by atoms with Gasteiger partial charge in [0.1, 0.15) is 0 Å². The number of aryl methyl sites for hydroxylation is 1. The summed E-state index contributed by atoms with van der Waals surface area (Å²) in [5.74, 6) is -5.97. The summed E-state index contributed by atoms with van der Waals surface area (Å²) < 4.78 is 88.2. The molecule has 3 aromatic rings. The molecule has 0 radical (unpaired) electrons. The predicted octanol–water partition coefficient (Wildman–Crippen LogP) is 4.66. The molecule has 2 aliphatic rings. The minimum atomic E-state index is -5.08. The second kappa shape index (κ2) is 12.4. The van der Waals surface area contributed by atoms with Crippen molar-refractivity contribution in [3.8, 4) is 0 Å². The van der Waals surface area contributed by atoms with Crippen LogP contribution < -0.4 is 10.2 Å². The Kier molecular flexibility index (Phi) is 9.18. The number of halogens is 7. The van der Waals surface area contributed by atoms with E-state index < -0.39 is 41.7 Å². The summed E-state index contributed by atoms with van der Waals surface area (Å²) in [5.41, 5.74) is 0.321. The quantitative estimate of drug-likeness (QED) is 0.368. The number of carboxylic acids is 1. The van der Waals surface area contributed by atoms with Crippen molar-refractivity contribution >= 4 is 17.6 Å². The molecule has 2 aromatic heterocycles. The van der Waals surface area contributed by atoms with Crippen molar-refractivity contribution in [2.75, 3.05) is 31.1 Å². The number of carboxylic acid groups (broad SMARTS) is 1. The molecule has 5 rings (SSSR count). The number of anilines is 1. The minimum absolute atomic E-state index is 0.158. The highest BCUT2D eigenvalue weighted by Crippen LogP contribution is 2.42. The number of aliphatic carboxylic acids is 1. The molecule has 1 amide bonds. The first kappa shape index (κ1) is 32.6. The van der Waals surface area contributed by atoms with Gasteiger partial charge in [0, 0.05) is 57.0 Å². The van der Waals surface area contributed by atoms with Crippen LogP contribution in [0.3, 0.4) is 0 Å². The number of alkyl halides is 5. The summed E-state index contributed by atoms with van der Waals surface area (Å²) in [6.45, 7) is 7.43. The van der Waals surface area contributed by atoms with Crippen LogP contribution >= 0.6 is 0 Å². The van der Waals surface area contributed by atoms with Crippen LogP contribution in [0.2, 0.25) is 0 Å². The normalized spacial score (nSPS) is 17.2. The maximum absolute atomic E-state index is 14.5. The van der Waals surface area contributed by atoms with Crippen LogP contribution in [0.5, 0.6) is 0 Å². The van der Waals surface area contributed by atoms with Gasteiger partial charge >= 0.3 is 12.1 Å². The predicted molar refractivity (Wildman–Crippen MR) is 144 cm³/mol. The van der Waals surface area contributed by atoms with Gasteiger partial charge in [0.25, 0.3) is 6.43 Å². The molecule has 0 saturated carbocycles. The first-order valence-electron chi connectivity index (χ1n) is 13.2. The summed E-state index contributed by atoms with van der Waals surface area (Å²) in [5, 5.41) is 9.37. The van der Waals surface area contributed by atoms with Crippen LogP contribution in [0.1, 0.15) is 29.4 Å². The lowest BCUT2D eigenvalue weighted by molar-refractivity contribution is -0.192. The third-order valence-corrected chi connectivity index (χ3v) is 7.38. The summed E-state index contributed by atoms with van der Waals surface area (Å²) in [4.78, 5) is 34.0. The fourth-order valence-corrected chi connectivity index (χ4v) is 5.41. The van der Waals surface area contributed by atoms with Gasteiger partial charge in [-0.05, 0) is 48.4 Å². The molecule has 2 N–H and O–H groups in total. The molecule has 2 saturated heterocycles. The van der Waals surface area contributed by atoms with Gasteiger partial charge in [-0.3, -0.25) is 19.7 Å². The number of hydrogen-bond acceptors (Lipinski definition) is 6. The lowest BCUT2D eigenvalue weighted by Gasteiger charge is -2.61. The van der Waals surface area contributed by atoms with E-state index in [1.54, 1.807) is 6.07 Å². The van der Waals surface area contributed by atoms with Crippen molar-refractivity contribution in [1.82, 2.24) is 20.2 Å². The fraction of sp³-hybridized carbons (Fsp3) is 0.379. The van der Waals surface area contributed by atoms with Crippen molar-refractivity contribution in [1.29, 1.82) is 0 Å². The maximum atomic E-state index is 14.5. The van der Waals surface area contributed by atoms with E-state index >= 15 is 0 Å². The van der Waals surface area contributed by atoms with E-state index in [1.807, 2.05) is 19.2 Å². The molecule has 0 aliphatic carbocycles. The van der Waals surface area contributed by atoms with Crippen LogP contribution in [-0.2, 0) is 21.7 Å². The van der Waals surface area contributed by atoms with Crippen molar-refractivity contribution in [2.45, 2.75) is 38.5 Å². The molecule has 2 fully saturated rings. The highest BCUT2D eigenvalue weighted by atomic mass is 19.4. The van der Waals surface area contributed by atoms with E-state index in [-0.39, 0.29) is 16.7 Å². The molecule has 236 valence electrons. The molecule has 4 heterocycles. The van der Waals surface area contributed by atoms with Crippen LogP contribution in [0.4, 0.5) is 36.4 Å². The van der Waals surface area contributed by atoms with E-state index in [4.69, 9.17) is 9.90 Å². The van der Waals surface area contributed by atoms with Gasteiger partial charge in [-0.15, -0.1) is 0 Å². The van der Waals surface area contributed by atoms with E-state index in [1.165, 1.54) is 12.3 Å². The third-order valence-electron chi connectivity index (χ3n) is 7.38. The first-order valence-corrected chi connectivity index (χ1v) is 13.2. The summed E-state index contributed by atoms with van der Waals surface area (Å²) >= 11 is 0. The molecule has 8 nitrogen and oxygen atoms in total. The smallest absolute Gasteiger partial charge is 0.475 e. The van der Waals surface area contributed by atoms with Crippen molar-refractivity contribution in [2.24, 2.45) is 5.41 Å². The molecule has 15 heteroatoms. The van der Waals surface area contributed by atoms with Crippen LogP contribution in [0, 0.1) is 24.0 Å². The molecular weight excluding hydrogens is 599 g/mol. The largest absolute Gasteiger partial charge is 0.490 e. The van der Waals surface area contributed by atoms with E-state index in [0.29, 0.717) is 12.6 Å². The molecule has 0 unspecified atom stereocenters. The molecule has 44 heavy (non-hydrogen) atoms. The Bertz CT molecular complexity index is 1490. The average Bonchev–Trinajstić information content (AvgIpc) is 2.90. The Balaban J connectivity index is 0.000000566. The molecule has 1 aromatic carbocycles. The van der Waals surface area contributed by atoms with Crippen LogP contribution in [0.15, 0.2) is 54.9 Å². The SMILES string of the molecule is CC(=O)N[C@@](c1ccc(F)c(F)c1)(c1ccc(CN2CC3(C2)CN(c2ccc(C)nc2)C3)cn1)C(F)F.O=C(O)C(F)(F)F. The molecular formula is C29H28F7N5O3. The number of nitrogens with zero attached hydrogens (tertiary/aromatic N) is 4. The van der Waals surface area contributed by atoms with E-state index in [9.17, 15) is 35.5 Å². The number of hydrogen-bond donors (Lipinski definition) is 2. The lowest BCUT2D eigenvalue weighted by atomic mass is 9.72. The highest BCUT2D eigenvalue weighted by Gasteiger charge is 2.51. The van der Waals surface area contributed by atoms with Gasteiger partial charge in [0.05, 0.1) is 17.6 Å². The number of amides is 1. The molecule has 0 bridgehead atoms. The standard InChI is InChI=1S/C27H27F4N5O.C2HF3O2/c1-17-3-6-21(11-32-17)36-15-26(16-36)13-35(14-26)12-19-4-8-24(33-10-19)27(25(30)31,34-18(2)37)20-5-7-22(28)23(29)9-20;3-2(4,5)1(6)7/h3-11,25H,12-16H2,1-2H3,(H,34,37);(H,6,7)/t27-;/m0./s1. The van der Waals surface area contributed by atoms with Crippen molar-refractivity contribution in [3.63, 3.8) is 0 Å².